The van der Waals surface area contributed by atoms with Crippen LogP contribution in [0.4, 0.5) is 0 Å². The number of benzene rings is 1. The second-order valence-electron chi connectivity index (χ2n) is 5.77. The van der Waals surface area contributed by atoms with E-state index in [1.807, 2.05) is 25.1 Å². The number of carbonyl (C=O) groups is 1. The van der Waals surface area contributed by atoms with Gasteiger partial charge in [0.05, 0.1) is 11.7 Å². The van der Waals surface area contributed by atoms with E-state index in [0.717, 1.165) is 11.1 Å². The number of nitrogens with one attached hydrogen (secondary N) is 1. The zero-order valence-electron chi connectivity index (χ0n) is 13.8. The van der Waals surface area contributed by atoms with Gasteiger partial charge < -0.3 is 19.1 Å². The predicted molar refractivity (Wildman–Crippen MR) is 86.1 cm³/mol. The minimum absolute atomic E-state index is 0.234. The molecule has 0 spiro atoms. The van der Waals surface area contributed by atoms with E-state index >= 15 is 0 Å². The molecule has 0 radical (unpaired) electrons. The highest BCUT2D eigenvalue weighted by Gasteiger charge is 2.27. The van der Waals surface area contributed by atoms with Crippen molar-refractivity contribution in [3.05, 3.63) is 47.2 Å². The van der Waals surface area contributed by atoms with Gasteiger partial charge in [0.25, 0.3) is 5.91 Å². The lowest BCUT2D eigenvalue weighted by Crippen LogP contribution is -2.29. The van der Waals surface area contributed by atoms with Crippen molar-refractivity contribution in [1.29, 1.82) is 0 Å². The number of hydrogen-bond donors (Lipinski definition) is 1. The van der Waals surface area contributed by atoms with Crippen molar-refractivity contribution in [3.8, 4) is 17.1 Å². The zero-order valence-corrected chi connectivity index (χ0v) is 13.8. The zero-order chi connectivity index (χ0) is 17.4. The lowest BCUT2D eigenvalue weighted by molar-refractivity contribution is 0.0929. The SMILES string of the molecule is CCc1nc(-c2ccc3c(c2)OCC3NC(=O)c2conc2C)no1. The monoisotopic (exact) mass is 340 g/mol. The average Bonchev–Trinajstić information content (AvgIpc) is 3.34. The molecule has 0 bridgehead atoms. The molecule has 128 valence electrons. The first-order chi connectivity index (χ1) is 12.2. The van der Waals surface area contributed by atoms with Gasteiger partial charge in [-0.2, -0.15) is 4.98 Å². The van der Waals surface area contributed by atoms with Crippen LogP contribution in [0.2, 0.25) is 0 Å². The van der Waals surface area contributed by atoms with Crippen LogP contribution in [0.1, 0.15) is 40.5 Å². The van der Waals surface area contributed by atoms with Crippen molar-refractivity contribution >= 4 is 5.91 Å². The van der Waals surface area contributed by atoms with Crippen molar-refractivity contribution in [3.63, 3.8) is 0 Å². The van der Waals surface area contributed by atoms with Gasteiger partial charge in [-0.3, -0.25) is 4.79 Å². The molecule has 1 amide bonds. The molecule has 4 rings (SSSR count). The Bertz CT molecular complexity index is 930. The van der Waals surface area contributed by atoms with Crippen LogP contribution < -0.4 is 10.1 Å². The average molecular weight is 340 g/mol. The molecule has 25 heavy (non-hydrogen) atoms. The number of hydrogen-bond acceptors (Lipinski definition) is 7. The molecule has 0 fully saturated rings. The van der Waals surface area contributed by atoms with E-state index in [1.54, 1.807) is 6.92 Å². The maximum atomic E-state index is 12.3. The Hall–Kier alpha value is -3.16. The normalized spacial score (nSPS) is 15.7. The summed E-state index contributed by atoms with van der Waals surface area (Å²) in [6, 6.07) is 5.42. The van der Waals surface area contributed by atoms with Gasteiger partial charge in [-0.05, 0) is 13.0 Å². The first-order valence-electron chi connectivity index (χ1n) is 7.97. The van der Waals surface area contributed by atoms with Crippen molar-refractivity contribution in [2.75, 3.05) is 6.61 Å². The molecule has 1 N–H and O–H groups in total. The van der Waals surface area contributed by atoms with Crippen molar-refractivity contribution in [2.24, 2.45) is 0 Å². The number of aromatic nitrogens is 3. The second-order valence-corrected chi connectivity index (χ2v) is 5.77. The largest absolute Gasteiger partial charge is 0.491 e. The highest BCUT2D eigenvalue weighted by molar-refractivity contribution is 5.95. The highest BCUT2D eigenvalue weighted by atomic mass is 16.5. The van der Waals surface area contributed by atoms with Gasteiger partial charge in [-0.1, -0.05) is 29.4 Å². The van der Waals surface area contributed by atoms with Gasteiger partial charge in [0.15, 0.2) is 0 Å². The standard InChI is InChI=1S/C17H16N4O4/c1-3-15-19-16(21-25-15)10-4-5-11-13(8-23-14(11)6-10)18-17(22)12-7-24-20-9(12)2/h4-7,13H,3,8H2,1-2H3,(H,18,22). The molecule has 1 aliphatic heterocycles. The molecule has 0 aliphatic carbocycles. The van der Waals surface area contributed by atoms with E-state index in [4.69, 9.17) is 13.8 Å². The van der Waals surface area contributed by atoms with Gasteiger partial charge in [-0.15, -0.1) is 0 Å². The van der Waals surface area contributed by atoms with Crippen LogP contribution in [0.15, 0.2) is 33.5 Å². The number of aryl methyl sites for hydroxylation is 2. The summed E-state index contributed by atoms with van der Waals surface area (Å²) in [5, 5.41) is 10.6. The van der Waals surface area contributed by atoms with Gasteiger partial charge >= 0.3 is 0 Å². The lowest BCUT2D eigenvalue weighted by Gasteiger charge is -2.11. The van der Waals surface area contributed by atoms with E-state index in [9.17, 15) is 4.79 Å². The Morgan fingerprint density at radius 2 is 2.24 bits per heavy atom. The quantitative estimate of drug-likeness (QED) is 0.778. The third-order valence-corrected chi connectivity index (χ3v) is 4.12. The Balaban J connectivity index is 1.55. The summed E-state index contributed by atoms with van der Waals surface area (Å²) in [5.41, 5.74) is 2.69. The summed E-state index contributed by atoms with van der Waals surface area (Å²) in [6.45, 7) is 4.04. The number of fused-ring (bicyclic) bond motifs is 1. The summed E-state index contributed by atoms with van der Waals surface area (Å²) in [5.74, 6) is 1.57. The number of rotatable bonds is 4. The molecule has 3 heterocycles. The highest BCUT2D eigenvalue weighted by Crippen LogP contribution is 2.35. The maximum Gasteiger partial charge on any atom is 0.257 e. The van der Waals surface area contributed by atoms with E-state index in [0.29, 0.717) is 41.7 Å². The van der Waals surface area contributed by atoms with E-state index in [2.05, 4.69) is 20.6 Å². The molecule has 1 atom stereocenters. The molecule has 0 saturated heterocycles. The van der Waals surface area contributed by atoms with Crippen LogP contribution in [-0.2, 0) is 6.42 Å². The molecular weight excluding hydrogens is 324 g/mol. The molecule has 8 heteroatoms. The molecule has 1 aromatic carbocycles. The lowest BCUT2D eigenvalue weighted by atomic mass is 10.1. The molecular formula is C17H16N4O4. The maximum absolute atomic E-state index is 12.3. The fraction of sp³-hybridized carbons (Fsp3) is 0.294. The Labute approximate surface area is 143 Å². The number of carbonyl (C=O) groups excluding carboxylic acids is 1. The second kappa shape index (κ2) is 6.04. The first-order valence-corrected chi connectivity index (χ1v) is 7.97. The van der Waals surface area contributed by atoms with Crippen LogP contribution in [0.5, 0.6) is 5.75 Å². The van der Waals surface area contributed by atoms with Crippen LogP contribution >= 0.6 is 0 Å². The van der Waals surface area contributed by atoms with Crippen molar-refractivity contribution < 1.29 is 18.6 Å². The molecule has 2 aromatic heterocycles. The fourth-order valence-corrected chi connectivity index (χ4v) is 2.73. The van der Waals surface area contributed by atoms with E-state index in [1.165, 1.54) is 6.26 Å². The predicted octanol–water partition coefficient (Wildman–Crippen LogP) is 2.46. The van der Waals surface area contributed by atoms with Gasteiger partial charge in [0.2, 0.25) is 11.7 Å². The topological polar surface area (TPSA) is 103 Å². The van der Waals surface area contributed by atoms with Crippen molar-refractivity contribution in [2.45, 2.75) is 26.3 Å². The van der Waals surface area contributed by atoms with E-state index in [-0.39, 0.29) is 11.9 Å². The minimum Gasteiger partial charge on any atom is -0.491 e. The molecule has 0 saturated carbocycles. The summed E-state index contributed by atoms with van der Waals surface area (Å²) in [4.78, 5) is 16.6. The van der Waals surface area contributed by atoms with Crippen LogP contribution in [0.3, 0.4) is 0 Å². The van der Waals surface area contributed by atoms with Gasteiger partial charge in [0, 0.05) is 17.5 Å². The molecule has 1 unspecified atom stereocenters. The fourth-order valence-electron chi connectivity index (χ4n) is 2.73. The van der Waals surface area contributed by atoms with Crippen LogP contribution in [-0.4, -0.2) is 27.8 Å². The molecule has 8 nitrogen and oxygen atoms in total. The smallest absolute Gasteiger partial charge is 0.257 e. The van der Waals surface area contributed by atoms with Gasteiger partial charge in [-0.25, -0.2) is 0 Å². The minimum atomic E-state index is -0.241. The van der Waals surface area contributed by atoms with Crippen molar-refractivity contribution in [1.82, 2.24) is 20.6 Å². The van der Waals surface area contributed by atoms with Gasteiger partial charge in [0.1, 0.15) is 24.2 Å². The molecule has 3 aromatic rings. The summed E-state index contributed by atoms with van der Waals surface area (Å²) < 4.78 is 15.7. The number of ether oxygens (including phenoxy) is 1. The summed E-state index contributed by atoms with van der Waals surface area (Å²) >= 11 is 0. The van der Waals surface area contributed by atoms with Crippen LogP contribution in [0, 0.1) is 6.92 Å². The Morgan fingerprint density at radius 1 is 1.36 bits per heavy atom. The van der Waals surface area contributed by atoms with Crippen LogP contribution in [0.25, 0.3) is 11.4 Å². The first kappa shape index (κ1) is 15.4. The number of nitrogens with zero attached hydrogens (tertiary/aromatic N) is 3. The Kier molecular flexibility index (Phi) is 3.72. The third-order valence-electron chi connectivity index (χ3n) is 4.12. The summed E-state index contributed by atoms with van der Waals surface area (Å²) in [6.07, 6.45) is 2.02. The van der Waals surface area contributed by atoms with E-state index < -0.39 is 0 Å². The third kappa shape index (κ3) is 2.75. The Morgan fingerprint density at radius 3 is 2.96 bits per heavy atom. The summed E-state index contributed by atoms with van der Waals surface area (Å²) in [7, 11) is 0. The molecule has 1 aliphatic rings. The number of amides is 1.